The van der Waals surface area contributed by atoms with Crippen LogP contribution >= 0.6 is 0 Å². The molecule has 0 aliphatic carbocycles. The van der Waals surface area contributed by atoms with Gasteiger partial charge in [-0.3, -0.25) is 9.59 Å². The molecule has 0 N–H and O–H groups in total. The second kappa shape index (κ2) is 21.4. The minimum absolute atomic E-state index is 0.00941. The molecule has 2 aromatic rings. The van der Waals surface area contributed by atoms with Gasteiger partial charge in [0.05, 0.1) is 68.3 Å². The fourth-order valence-electron chi connectivity index (χ4n) is 8.44. The van der Waals surface area contributed by atoms with Crippen molar-refractivity contribution in [3.05, 3.63) is 71.5 Å². The second-order valence-corrected chi connectivity index (χ2v) is 22.1. The average Bonchev–Trinajstić information content (AvgIpc) is 3.75. The predicted molar refractivity (Wildman–Crippen MR) is 231 cm³/mol. The maximum absolute atomic E-state index is 12.4. The number of methoxy groups -OCH3 is 1. The van der Waals surface area contributed by atoms with Gasteiger partial charge in [0.15, 0.2) is 12.3 Å². The van der Waals surface area contributed by atoms with E-state index in [1.54, 1.807) is 41.6 Å². The zero-order valence-electron chi connectivity index (χ0n) is 36.7. The summed E-state index contributed by atoms with van der Waals surface area (Å²) in [7, 11) is -17.9. The number of hydrogen-bond donors (Lipinski definition) is 0. The number of carbonyl (C=O) groups is 3. The summed E-state index contributed by atoms with van der Waals surface area (Å²) >= 11 is 0. The van der Waals surface area contributed by atoms with Crippen molar-refractivity contribution < 1.29 is 89.9 Å². The van der Waals surface area contributed by atoms with Gasteiger partial charge in [-0.15, -0.1) is 5.06 Å². The Balaban J connectivity index is 1.60. The van der Waals surface area contributed by atoms with E-state index >= 15 is 0 Å². The van der Waals surface area contributed by atoms with Gasteiger partial charge in [0.1, 0.15) is 26.8 Å². The van der Waals surface area contributed by atoms with Gasteiger partial charge in [-0.1, -0.05) is 6.08 Å². The smallest absolute Gasteiger partial charge is 0.335 e. The molecular formula is C41H50N3O19S4-3. The lowest BCUT2D eigenvalue weighted by Crippen LogP contribution is -2.33. The number of amides is 2. The van der Waals surface area contributed by atoms with Gasteiger partial charge < -0.3 is 42.2 Å². The molecule has 3 heterocycles. The van der Waals surface area contributed by atoms with Gasteiger partial charge in [0.25, 0.3) is 11.8 Å². The molecule has 1 fully saturated rings. The first kappa shape index (κ1) is 53.5. The molecule has 22 nitrogen and oxygen atoms in total. The third kappa shape index (κ3) is 13.4. The summed E-state index contributed by atoms with van der Waals surface area (Å²) in [5.74, 6) is -3.79. The zero-order chi connectivity index (χ0) is 49.6. The van der Waals surface area contributed by atoms with Crippen LogP contribution in [0.25, 0.3) is 0 Å². The van der Waals surface area contributed by atoms with Gasteiger partial charge in [-0.05, 0) is 81.5 Å². The quantitative estimate of drug-likeness (QED) is 0.0587. The maximum atomic E-state index is 12.4. The molecule has 67 heavy (non-hydrogen) atoms. The van der Waals surface area contributed by atoms with Gasteiger partial charge in [0, 0.05) is 72.5 Å². The fourth-order valence-corrected chi connectivity index (χ4v) is 10.4. The van der Waals surface area contributed by atoms with E-state index in [9.17, 15) is 66.3 Å². The van der Waals surface area contributed by atoms with Crippen molar-refractivity contribution in [3.8, 4) is 0 Å². The average molecular weight is 1020 g/mol. The lowest BCUT2D eigenvalue weighted by Gasteiger charge is -2.31. The Hall–Kier alpha value is -4.48. The van der Waals surface area contributed by atoms with Crippen LogP contribution in [0.2, 0.25) is 0 Å². The summed E-state index contributed by atoms with van der Waals surface area (Å²) in [4.78, 5) is 41.7. The van der Waals surface area contributed by atoms with Crippen LogP contribution < -0.4 is 4.90 Å². The van der Waals surface area contributed by atoms with Crippen molar-refractivity contribution in [1.82, 2.24) is 5.06 Å². The van der Waals surface area contributed by atoms with Crippen LogP contribution in [0.3, 0.4) is 0 Å². The first-order valence-corrected chi connectivity index (χ1v) is 26.8. The highest BCUT2D eigenvalue weighted by atomic mass is 32.2. The van der Waals surface area contributed by atoms with Crippen molar-refractivity contribution in [2.45, 2.75) is 79.4 Å². The van der Waals surface area contributed by atoms with Crippen LogP contribution in [0.15, 0.2) is 70.1 Å². The van der Waals surface area contributed by atoms with E-state index in [-0.39, 0.29) is 96.6 Å². The highest BCUT2D eigenvalue weighted by molar-refractivity contribution is 7.86. The van der Waals surface area contributed by atoms with Gasteiger partial charge in [0.2, 0.25) is 5.69 Å². The molecule has 0 saturated carbocycles. The molecule has 0 aromatic heterocycles. The topological polar surface area (TPSA) is 326 Å². The molecule has 1 saturated heterocycles. The summed E-state index contributed by atoms with van der Waals surface area (Å²) < 4.78 is 162. The minimum atomic E-state index is -5.02. The van der Waals surface area contributed by atoms with E-state index < -0.39 is 90.4 Å². The molecular weight excluding hydrogens is 967 g/mol. The Labute approximate surface area is 389 Å². The first-order valence-electron chi connectivity index (χ1n) is 20.8. The number of allylic oxidation sites excluding steroid dienone is 4. The Morgan fingerprint density at radius 3 is 1.90 bits per heavy atom. The summed E-state index contributed by atoms with van der Waals surface area (Å²) in [6.07, 6.45) is 3.79. The van der Waals surface area contributed by atoms with E-state index in [0.29, 0.717) is 33.4 Å². The highest BCUT2D eigenvalue weighted by Crippen LogP contribution is 2.51. The van der Waals surface area contributed by atoms with E-state index in [1.807, 2.05) is 0 Å². The Morgan fingerprint density at radius 2 is 1.31 bits per heavy atom. The number of nitrogens with zero attached hydrogens (tertiary/aromatic N) is 3. The largest absolute Gasteiger partial charge is 0.748 e. The number of rotatable bonds is 25. The number of hydrogen-bond acceptors (Lipinski definition) is 20. The number of benzene rings is 2. The Bertz CT molecular complexity index is 2780. The maximum Gasteiger partial charge on any atom is 0.335 e. The molecule has 26 heteroatoms. The molecule has 2 unspecified atom stereocenters. The minimum Gasteiger partial charge on any atom is -0.748 e. The standard InChI is InChI=1S/C41H53N3O19S4/c1-40(16-5-25-64(48,49)50)31-27-29(66(54,55)56)9-11-33(31)42(18-21-61-20-15-39(47)63-44-37(45)13-14-38(44)46)35(40)7-4-8-36-41(2,17-6-26-65(51,52)53)32-28-30(67(57,58)59)10-12-34(32)43(36)19-22-62-24-23-60-3/h4,7-12,27-28H,5-6,13-26H2,1-3H3,(H3-,48,49,50,51,52,53,54,55,56,57,58,59)/p-3. The van der Waals surface area contributed by atoms with Crippen molar-refractivity contribution >= 4 is 75.3 Å². The van der Waals surface area contributed by atoms with Crippen molar-refractivity contribution in [1.29, 1.82) is 0 Å². The van der Waals surface area contributed by atoms with Crippen LogP contribution in [0.1, 0.15) is 69.9 Å². The molecule has 5 rings (SSSR count). The van der Waals surface area contributed by atoms with Crippen molar-refractivity contribution in [2.24, 2.45) is 0 Å². The van der Waals surface area contributed by atoms with Gasteiger partial charge >= 0.3 is 5.97 Å². The molecule has 3 aliphatic rings. The Morgan fingerprint density at radius 1 is 0.746 bits per heavy atom. The normalized spacial score (nSPS) is 20.7. The van der Waals surface area contributed by atoms with Crippen LogP contribution in [0.5, 0.6) is 0 Å². The number of ether oxygens (including phenoxy) is 3. The van der Waals surface area contributed by atoms with E-state index in [4.69, 9.17) is 19.0 Å². The third-order valence-corrected chi connectivity index (χ3v) is 14.9. The Kier molecular flexibility index (Phi) is 17.1. The zero-order valence-corrected chi connectivity index (χ0v) is 40.0. The van der Waals surface area contributed by atoms with Crippen molar-refractivity contribution in [2.75, 3.05) is 69.6 Å². The summed E-state index contributed by atoms with van der Waals surface area (Å²) in [6.45, 7) is 3.73. The first-order chi connectivity index (χ1) is 31.2. The number of carbonyl (C=O) groups excluding carboxylic acids is 3. The SMILES string of the molecule is COCCOCCN1C(=CC=CC2=[N+](CCOCCC(=O)ON3C(=O)CCC3=O)c3ccc(S(=O)(=O)[O-])cc3C2(C)CCCS(=O)(=O)[O-])C(C)(CCCS(=O)(=O)[O-])c2cc(S(=O)(=O)[O-])ccc21. The molecule has 2 aromatic carbocycles. The van der Waals surface area contributed by atoms with Gasteiger partial charge in [-0.2, -0.15) is 4.58 Å². The number of anilines is 1. The highest BCUT2D eigenvalue weighted by Gasteiger charge is 2.48. The van der Waals surface area contributed by atoms with Crippen LogP contribution in [-0.4, -0.2) is 150 Å². The number of fused-ring (bicyclic) bond motifs is 2. The van der Waals surface area contributed by atoms with Crippen LogP contribution in [0.4, 0.5) is 11.4 Å². The second-order valence-electron chi connectivity index (χ2n) is 16.3. The lowest BCUT2D eigenvalue weighted by molar-refractivity contribution is -0.442. The summed E-state index contributed by atoms with van der Waals surface area (Å²) in [5.41, 5.74) is -0.262. The molecule has 0 spiro atoms. The van der Waals surface area contributed by atoms with Crippen molar-refractivity contribution in [3.63, 3.8) is 0 Å². The molecule has 3 aliphatic heterocycles. The van der Waals surface area contributed by atoms with E-state index in [0.717, 1.165) is 18.2 Å². The van der Waals surface area contributed by atoms with Crippen LogP contribution in [-0.2, 0) is 84.7 Å². The third-order valence-electron chi connectivity index (χ3n) is 11.6. The fraction of sp³-hybridized carbons (Fsp3) is 0.512. The van der Waals surface area contributed by atoms with Gasteiger partial charge in [-0.25, -0.2) is 38.5 Å². The predicted octanol–water partition coefficient (Wildman–Crippen LogP) is 1.40. The molecule has 370 valence electrons. The molecule has 0 bridgehead atoms. The summed E-state index contributed by atoms with van der Waals surface area (Å²) in [6, 6.07) is 7.40. The molecule has 0 radical (unpaired) electrons. The molecule has 2 atom stereocenters. The summed E-state index contributed by atoms with van der Waals surface area (Å²) in [5, 5.41) is 0.399. The van der Waals surface area contributed by atoms with E-state index in [1.165, 1.54) is 25.3 Å². The number of imide groups is 1. The monoisotopic (exact) mass is 1020 g/mol. The van der Waals surface area contributed by atoms with Crippen LogP contribution in [0, 0.1) is 0 Å². The number of hydroxylamine groups is 2. The molecule has 2 amide bonds. The van der Waals surface area contributed by atoms with E-state index in [2.05, 4.69) is 0 Å². The lowest BCUT2D eigenvalue weighted by atomic mass is 9.75.